The SMILES string of the molecule is C[C@H](NC(=O)c1ccc(CN2CCCC2=O)cc1)C12CC3CC(CC(C3)C1)C2. The van der Waals surface area contributed by atoms with Gasteiger partial charge in [-0.2, -0.15) is 0 Å². The third kappa shape index (κ3) is 3.25. The molecule has 6 rings (SSSR count). The van der Waals surface area contributed by atoms with Crippen molar-refractivity contribution in [3.8, 4) is 0 Å². The predicted octanol–water partition coefficient (Wildman–Crippen LogP) is 4.14. The van der Waals surface area contributed by atoms with Crippen molar-refractivity contribution in [2.75, 3.05) is 6.54 Å². The summed E-state index contributed by atoms with van der Waals surface area (Å²) in [5.74, 6) is 2.99. The van der Waals surface area contributed by atoms with E-state index < -0.39 is 0 Å². The maximum atomic E-state index is 12.9. The number of nitrogens with one attached hydrogen (secondary N) is 1. The maximum absolute atomic E-state index is 12.9. The lowest BCUT2D eigenvalue weighted by Crippen LogP contribution is -2.55. The van der Waals surface area contributed by atoms with Crippen LogP contribution in [-0.4, -0.2) is 29.3 Å². The van der Waals surface area contributed by atoms with Gasteiger partial charge in [0.1, 0.15) is 0 Å². The van der Waals surface area contributed by atoms with E-state index in [0.717, 1.165) is 41.8 Å². The average Bonchev–Trinajstić information content (AvgIpc) is 3.06. The first-order chi connectivity index (χ1) is 13.5. The van der Waals surface area contributed by atoms with Crippen LogP contribution in [0.3, 0.4) is 0 Å². The minimum atomic E-state index is 0.0482. The molecule has 0 unspecified atom stereocenters. The minimum absolute atomic E-state index is 0.0482. The van der Waals surface area contributed by atoms with E-state index in [1.807, 2.05) is 29.2 Å². The minimum Gasteiger partial charge on any atom is -0.349 e. The second-order valence-electron chi connectivity index (χ2n) is 10.1. The highest BCUT2D eigenvalue weighted by atomic mass is 16.2. The third-order valence-corrected chi connectivity index (χ3v) is 8.11. The van der Waals surface area contributed by atoms with Gasteiger partial charge in [-0.05, 0) is 92.7 Å². The first kappa shape index (κ1) is 18.2. The monoisotopic (exact) mass is 380 g/mol. The molecule has 1 aromatic carbocycles. The summed E-state index contributed by atoms with van der Waals surface area (Å²) in [6, 6.07) is 8.07. The number of benzene rings is 1. The molecular formula is C24H32N2O2. The molecule has 0 aromatic heterocycles. The quantitative estimate of drug-likeness (QED) is 0.834. The zero-order chi connectivity index (χ0) is 19.3. The van der Waals surface area contributed by atoms with Gasteiger partial charge in [0, 0.05) is 31.1 Å². The summed E-state index contributed by atoms with van der Waals surface area (Å²) in [4.78, 5) is 26.6. The Bertz CT molecular complexity index is 734. The van der Waals surface area contributed by atoms with Gasteiger partial charge in [-0.3, -0.25) is 9.59 Å². The van der Waals surface area contributed by atoms with Crippen LogP contribution in [0.15, 0.2) is 24.3 Å². The third-order valence-electron chi connectivity index (χ3n) is 8.11. The van der Waals surface area contributed by atoms with E-state index in [0.29, 0.717) is 18.4 Å². The van der Waals surface area contributed by atoms with Gasteiger partial charge >= 0.3 is 0 Å². The van der Waals surface area contributed by atoms with E-state index in [2.05, 4.69) is 12.2 Å². The van der Waals surface area contributed by atoms with Gasteiger partial charge in [-0.25, -0.2) is 0 Å². The molecule has 28 heavy (non-hydrogen) atoms. The summed E-state index contributed by atoms with van der Waals surface area (Å²) in [5, 5.41) is 3.35. The molecule has 150 valence electrons. The van der Waals surface area contributed by atoms with Crippen molar-refractivity contribution in [1.82, 2.24) is 10.2 Å². The lowest BCUT2D eigenvalue weighted by Gasteiger charge is -2.59. The van der Waals surface area contributed by atoms with Gasteiger partial charge in [0.25, 0.3) is 5.91 Å². The Morgan fingerprint density at radius 2 is 1.71 bits per heavy atom. The summed E-state index contributed by atoms with van der Waals surface area (Å²) in [7, 11) is 0. The first-order valence-corrected chi connectivity index (χ1v) is 11.2. The first-order valence-electron chi connectivity index (χ1n) is 11.2. The Labute approximate surface area is 168 Å². The van der Waals surface area contributed by atoms with Crippen molar-refractivity contribution in [3.63, 3.8) is 0 Å². The fourth-order valence-electron chi connectivity index (χ4n) is 6.99. The number of hydrogen-bond acceptors (Lipinski definition) is 2. The van der Waals surface area contributed by atoms with Crippen LogP contribution in [0.1, 0.15) is 74.2 Å². The molecule has 4 heteroatoms. The summed E-state index contributed by atoms with van der Waals surface area (Å²) in [6.45, 7) is 3.74. The fourth-order valence-corrected chi connectivity index (χ4v) is 6.99. The molecule has 1 N–H and O–H groups in total. The summed E-state index contributed by atoms with van der Waals surface area (Å²) in [6.07, 6.45) is 9.85. The molecule has 5 fully saturated rings. The highest BCUT2D eigenvalue weighted by Gasteiger charge is 2.53. The molecule has 1 aliphatic heterocycles. The standard InChI is InChI=1S/C24H32N2O2/c1-16(24-12-18-9-19(13-24)11-20(10-18)14-24)25-23(28)21-6-4-17(5-7-21)15-26-8-2-3-22(26)27/h4-7,16,18-20H,2-3,8-15H2,1H3,(H,25,28)/t16-,18?,19?,20?,24?/m0/s1. The molecule has 2 amide bonds. The molecule has 4 aliphatic carbocycles. The van der Waals surface area contributed by atoms with Gasteiger partial charge in [0.2, 0.25) is 5.91 Å². The fraction of sp³-hybridized carbons (Fsp3) is 0.667. The van der Waals surface area contributed by atoms with Gasteiger partial charge in [-0.1, -0.05) is 12.1 Å². The van der Waals surface area contributed by atoms with Crippen molar-refractivity contribution in [2.24, 2.45) is 23.2 Å². The Morgan fingerprint density at radius 1 is 1.11 bits per heavy atom. The number of amides is 2. The number of carbonyl (C=O) groups is 2. The Kier molecular flexibility index (Phi) is 4.48. The molecule has 5 aliphatic rings. The van der Waals surface area contributed by atoms with Crippen LogP contribution in [0.4, 0.5) is 0 Å². The summed E-state index contributed by atoms with van der Waals surface area (Å²) in [5.41, 5.74) is 2.16. The van der Waals surface area contributed by atoms with Gasteiger partial charge in [0.15, 0.2) is 0 Å². The smallest absolute Gasteiger partial charge is 0.251 e. The lowest BCUT2D eigenvalue weighted by molar-refractivity contribution is -0.128. The van der Waals surface area contributed by atoms with Crippen LogP contribution in [0, 0.1) is 23.2 Å². The molecule has 0 spiro atoms. The number of hydrogen-bond donors (Lipinski definition) is 1. The maximum Gasteiger partial charge on any atom is 0.251 e. The molecule has 4 saturated carbocycles. The second kappa shape index (κ2) is 6.89. The Balaban J connectivity index is 1.22. The van der Waals surface area contributed by atoms with E-state index in [1.54, 1.807) is 0 Å². The van der Waals surface area contributed by atoms with Crippen LogP contribution in [0.5, 0.6) is 0 Å². The lowest BCUT2D eigenvalue weighted by atomic mass is 9.48. The highest BCUT2D eigenvalue weighted by molar-refractivity contribution is 5.94. The molecule has 0 radical (unpaired) electrons. The van der Waals surface area contributed by atoms with Crippen molar-refractivity contribution < 1.29 is 9.59 Å². The van der Waals surface area contributed by atoms with Gasteiger partial charge in [0.05, 0.1) is 0 Å². The number of likely N-dealkylation sites (tertiary alicyclic amines) is 1. The number of carbonyl (C=O) groups excluding carboxylic acids is 2. The van der Waals surface area contributed by atoms with Crippen LogP contribution in [0.25, 0.3) is 0 Å². The summed E-state index contributed by atoms with van der Waals surface area (Å²) < 4.78 is 0. The molecule has 4 bridgehead atoms. The van der Waals surface area contributed by atoms with Crippen molar-refractivity contribution in [1.29, 1.82) is 0 Å². The molecular weight excluding hydrogens is 348 g/mol. The average molecular weight is 381 g/mol. The summed E-state index contributed by atoms with van der Waals surface area (Å²) >= 11 is 0. The van der Waals surface area contributed by atoms with E-state index in [1.165, 1.54) is 38.5 Å². The molecule has 1 saturated heterocycles. The highest BCUT2D eigenvalue weighted by Crippen LogP contribution is 2.61. The van der Waals surface area contributed by atoms with Gasteiger partial charge < -0.3 is 10.2 Å². The zero-order valence-corrected chi connectivity index (χ0v) is 17.0. The Morgan fingerprint density at radius 3 is 2.25 bits per heavy atom. The van der Waals surface area contributed by atoms with E-state index in [4.69, 9.17) is 0 Å². The van der Waals surface area contributed by atoms with Crippen LogP contribution >= 0.6 is 0 Å². The van der Waals surface area contributed by atoms with Crippen LogP contribution in [0.2, 0.25) is 0 Å². The van der Waals surface area contributed by atoms with E-state index >= 15 is 0 Å². The van der Waals surface area contributed by atoms with Crippen LogP contribution < -0.4 is 5.32 Å². The van der Waals surface area contributed by atoms with Crippen LogP contribution in [-0.2, 0) is 11.3 Å². The molecule has 4 nitrogen and oxygen atoms in total. The topological polar surface area (TPSA) is 49.4 Å². The predicted molar refractivity (Wildman–Crippen MR) is 109 cm³/mol. The zero-order valence-electron chi connectivity index (χ0n) is 17.0. The van der Waals surface area contributed by atoms with E-state index in [9.17, 15) is 9.59 Å². The largest absolute Gasteiger partial charge is 0.349 e. The molecule has 1 heterocycles. The molecule has 1 aromatic rings. The van der Waals surface area contributed by atoms with Gasteiger partial charge in [-0.15, -0.1) is 0 Å². The van der Waals surface area contributed by atoms with Crippen molar-refractivity contribution in [2.45, 2.75) is 70.9 Å². The van der Waals surface area contributed by atoms with E-state index in [-0.39, 0.29) is 17.9 Å². The number of nitrogens with zero attached hydrogens (tertiary/aromatic N) is 1. The van der Waals surface area contributed by atoms with Crippen molar-refractivity contribution >= 4 is 11.8 Å². The van der Waals surface area contributed by atoms with Crippen molar-refractivity contribution in [3.05, 3.63) is 35.4 Å². The molecule has 1 atom stereocenters. The normalized spacial score (nSPS) is 34.7. The number of rotatable bonds is 5. The Hall–Kier alpha value is -1.84. The second-order valence-corrected chi connectivity index (χ2v) is 10.1.